The SMILES string of the molecule is CCOc1cc(/C=N/NC(=O)C(=O)Nc2cc(C)cc(C)c2)ccc1OCc1cccc2ccccc12. The molecule has 0 saturated carbocycles. The van der Waals surface area contributed by atoms with Gasteiger partial charge >= 0.3 is 11.8 Å². The van der Waals surface area contributed by atoms with Gasteiger partial charge in [0.15, 0.2) is 11.5 Å². The Hall–Kier alpha value is -4.65. The van der Waals surface area contributed by atoms with Crippen LogP contribution in [0.15, 0.2) is 84.0 Å². The van der Waals surface area contributed by atoms with Gasteiger partial charge in [0.2, 0.25) is 0 Å². The number of ether oxygens (including phenoxy) is 2. The van der Waals surface area contributed by atoms with Crippen LogP contribution in [0.5, 0.6) is 11.5 Å². The second-order valence-corrected chi connectivity index (χ2v) is 8.60. The summed E-state index contributed by atoms with van der Waals surface area (Å²) in [6, 6.07) is 25.2. The van der Waals surface area contributed by atoms with Gasteiger partial charge in [0.25, 0.3) is 0 Å². The van der Waals surface area contributed by atoms with Gasteiger partial charge in [-0.15, -0.1) is 0 Å². The van der Waals surface area contributed by atoms with Crippen molar-refractivity contribution < 1.29 is 19.1 Å². The molecule has 37 heavy (non-hydrogen) atoms. The van der Waals surface area contributed by atoms with Crippen LogP contribution in [0.3, 0.4) is 0 Å². The molecule has 0 saturated heterocycles. The second-order valence-electron chi connectivity index (χ2n) is 8.60. The van der Waals surface area contributed by atoms with Gasteiger partial charge in [-0.05, 0) is 84.1 Å². The summed E-state index contributed by atoms with van der Waals surface area (Å²) in [4.78, 5) is 24.4. The van der Waals surface area contributed by atoms with E-state index >= 15 is 0 Å². The molecule has 7 heteroatoms. The topological polar surface area (TPSA) is 89.0 Å². The van der Waals surface area contributed by atoms with Crippen LogP contribution in [0.1, 0.15) is 29.2 Å². The Balaban J connectivity index is 1.39. The van der Waals surface area contributed by atoms with E-state index in [1.54, 1.807) is 30.3 Å². The molecule has 0 spiro atoms. The maximum absolute atomic E-state index is 12.2. The van der Waals surface area contributed by atoms with Gasteiger partial charge in [-0.1, -0.05) is 48.5 Å². The molecular formula is C30H29N3O4. The van der Waals surface area contributed by atoms with Crippen molar-refractivity contribution in [1.29, 1.82) is 0 Å². The molecule has 0 aliphatic heterocycles. The zero-order chi connectivity index (χ0) is 26.2. The number of aryl methyl sites for hydroxylation is 2. The van der Waals surface area contributed by atoms with E-state index in [2.05, 4.69) is 34.0 Å². The third kappa shape index (κ3) is 6.73. The number of rotatable bonds is 8. The van der Waals surface area contributed by atoms with Crippen LogP contribution >= 0.6 is 0 Å². The van der Waals surface area contributed by atoms with Crippen molar-refractivity contribution in [3.05, 3.63) is 101 Å². The minimum Gasteiger partial charge on any atom is -0.490 e. The maximum Gasteiger partial charge on any atom is 0.329 e. The lowest BCUT2D eigenvalue weighted by molar-refractivity contribution is -0.136. The molecule has 188 valence electrons. The number of nitrogens with one attached hydrogen (secondary N) is 2. The average Bonchev–Trinajstić information content (AvgIpc) is 2.87. The Kier molecular flexibility index (Phi) is 8.15. The van der Waals surface area contributed by atoms with E-state index in [0.29, 0.717) is 36.0 Å². The Bertz CT molecular complexity index is 1440. The van der Waals surface area contributed by atoms with E-state index in [0.717, 1.165) is 27.5 Å². The van der Waals surface area contributed by atoms with Crippen molar-refractivity contribution in [1.82, 2.24) is 5.43 Å². The van der Waals surface area contributed by atoms with E-state index in [1.807, 2.05) is 51.1 Å². The molecule has 0 radical (unpaired) electrons. The predicted octanol–water partition coefficient (Wildman–Crippen LogP) is 5.52. The summed E-state index contributed by atoms with van der Waals surface area (Å²) in [6.45, 7) is 6.58. The van der Waals surface area contributed by atoms with Gasteiger partial charge in [-0.2, -0.15) is 5.10 Å². The number of anilines is 1. The Morgan fingerprint density at radius 1 is 0.838 bits per heavy atom. The van der Waals surface area contributed by atoms with E-state index in [9.17, 15) is 9.59 Å². The zero-order valence-electron chi connectivity index (χ0n) is 21.1. The molecule has 4 aromatic carbocycles. The van der Waals surface area contributed by atoms with Gasteiger partial charge in [-0.25, -0.2) is 5.43 Å². The maximum atomic E-state index is 12.2. The zero-order valence-corrected chi connectivity index (χ0v) is 21.1. The lowest BCUT2D eigenvalue weighted by Gasteiger charge is -2.13. The van der Waals surface area contributed by atoms with E-state index in [-0.39, 0.29) is 0 Å². The number of benzene rings is 4. The van der Waals surface area contributed by atoms with E-state index in [1.165, 1.54) is 6.21 Å². The van der Waals surface area contributed by atoms with Crippen molar-refractivity contribution in [2.24, 2.45) is 5.10 Å². The molecule has 0 heterocycles. The number of hydrogen-bond donors (Lipinski definition) is 2. The van der Waals surface area contributed by atoms with Gasteiger partial charge in [-0.3, -0.25) is 9.59 Å². The fourth-order valence-electron chi connectivity index (χ4n) is 4.02. The Morgan fingerprint density at radius 3 is 2.38 bits per heavy atom. The summed E-state index contributed by atoms with van der Waals surface area (Å²) in [7, 11) is 0. The van der Waals surface area contributed by atoms with Crippen LogP contribution in [0.2, 0.25) is 0 Å². The number of hydrazone groups is 1. The van der Waals surface area contributed by atoms with Crippen LogP contribution in [0.4, 0.5) is 5.69 Å². The standard InChI is InChI=1S/C30H29N3O4/c1-4-36-28-17-22(18-31-33-30(35)29(34)32-25-15-20(2)14-21(3)16-25)12-13-27(28)37-19-24-10-7-9-23-8-5-6-11-26(23)24/h5-18H,4,19H2,1-3H3,(H,32,34)(H,33,35)/b31-18+. The summed E-state index contributed by atoms with van der Waals surface area (Å²) in [6.07, 6.45) is 1.44. The quantitative estimate of drug-likeness (QED) is 0.191. The lowest BCUT2D eigenvalue weighted by Crippen LogP contribution is -2.32. The Morgan fingerprint density at radius 2 is 1.59 bits per heavy atom. The molecule has 0 atom stereocenters. The van der Waals surface area contributed by atoms with Crippen molar-refractivity contribution >= 4 is 34.5 Å². The summed E-state index contributed by atoms with van der Waals surface area (Å²) in [5.41, 5.74) is 6.55. The minimum absolute atomic E-state index is 0.389. The van der Waals surface area contributed by atoms with Gasteiger partial charge in [0.05, 0.1) is 12.8 Å². The minimum atomic E-state index is -0.865. The highest BCUT2D eigenvalue weighted by Crippen LogP contribution is 2.30. The van der Waals surface area contributed by atoms with Crippen molar-refractivity contribution in [2.45, 2.75) is 27.4 Å². The molecular weight excluding hydrogens is 466 g/mol. The third-order valence-electron chi connectivity index (χ3n) is 5.60. The smallest absolute Gasteiger partial charge is 0.329 e. The number of nitrogens with zero attached hydrogens (tertiary/aromatic N) is 1. The van der Waals surface area contributed by atoms with Gasteiger partial charge < -0.3 is 14.8 Å². The first-order valence-corrected chi connectivity index (χ1v) is 12.0. The van der Waals surface area contributed by atoms with E-state index in [4.69, 9.17) is 9.47 Å². The molecule has 0 unspecified atom stereocenters. The largest absolute Gasteiger partial charge is 0.490 e. The first kappa shape index (κ1) is 25.4. The lowest BCUT2D eigenvalue weighted by atomic mass is 10.1. The monoisotopic (exact) mass is 495 g/mol. The fourth-order valence-corrected chi connectivity index (χ4v) is 4.02. The van der Waals surface area contributed by atoms with Gasteiger partial charge in [0, 0.05) is 5.69 Å². The first-order valence-electron chi connectivity index (χ1n) is 12.0. The molecule has 2 amide bonds. The third-order valence-corrected chi connectivity index (χ3v) is 5.60. The molecule has 0 bridgehead atoms. The number of carbonyl (C=O) groups is 2. The molecule has 0 aliphatic carbocycles. The average molecular weight is 496 g/mol. The molecule has 0 aliphatic rings. The van der Waals surface area contributed by atoms with Gasteiger partial charge in [0.1, 0.15) is 6.61 Å². The summed E-state index contributed by atoms with van der Waals surface area (Å²) < 4.78 is 11.9. The van der Waals surface area contributed by atoms with Crippen LogP contribution in [0.25, 0.3) is 10.8 Å². The molecule has 4 rings (SSSR count). The number of amides is 2. The summed E-state index contributed by atoms with van der Waals surface area (Å²) in [5, 5.41) is 8.80. The first-order chi connectivity index (χ1) is 17.9. The van der Waals surface area contributed by atoms with Crippen molar-refractivity contribution in [2.75, 3.05) is 11.9 Å². The van der Waals surface area contributed by atoms with Crippen LogP contribution in [0, 0.1) is 13.8 Å². The predicted molar refractivity (Wildman–Crippen MR) is 146 cm³/mol. The number of hydrogen-bond acceptors (Lipinski definition) is 5. The normalized spacial score (nSPS) is 10.9. The fraction of sp³-hybridized carbons (Fsp3) is 0.167. The highest BCUT2D eigenvalue weighted by molar-refractivity contribution is 6.39. The van der Waals surface area contributed by atoms with Crippen molar-refractivity contribution in [3.63, 3.8) is 0 Å². The molecule has 0 aromatic heterocycles. The highest BCUT2D eigenvalue weighted by atomic mass is 16.5. The number of fused-ring (bicyclic) bond motifs is 1. The molecule has 7 nitrogen and oxygen atoms in total. The Labute approximate surface area is 216 Å². The molecule has 0 fully saturated rings. The van der Waals surface area contributed by atoms with Crippen molar-refractivity contribution in [3.8, 4) is 11.5 Å². The molecule has 4 aromatic rings. The molecule has 2 N–H and O–H groups in total. The second kappa shape index (κ2) is 11.9. The summed E-state index contributed by atoms with van der Waals surface area (Å²) >= 11 is 0. The van der Waals surface area contributed by atoms with Crippen LogP contribution in [-0.2, 0) is 16.2 Å². The number of carbonyl (C=O) groups excluding carboxylic acids is 2. The summed E-state index contributed by atoms with van der Waals surface area (Å²) in [5.74, 6) is -0.501. The van der Waals surface area contributed by atoms with E-state index < -0.39 is 11.8 Å². The highest BCUT2D eigenvalue weighted by Gasteiger charge is 2.13. The van der Waals surface area contributed by atoms with Crippen LogP contribution in [-0.4, -0.2) is 24.6 Å². The van der Waals surface area contributed by atoms with Crippen LogP contribution < -0.4 is 20.2 Å².